The molecule has 1 rings (SSSR count). The van der Waals surface area contributed by atoms with E-state index >= 15 is 0 Å². The van der Waals surface area contributed by atoms with Crippen LogP contribution >= 0.6 is 0 Å². The Kier molecular flexibility index (Phi) is 4.35. The van der Waals surface area contributed by atoms with Gasteiger partial charge in [0, 0.05) is 13.2 Å². The Morgan fingerprint density at radius 3 is 2.69 bits per heavy atom. The van der Waals surface area contributed by atoms with Gasteiger partial charge in [0.2, 0.25) is 0 Å². The summed E-state index contributed by atoms with van der Waals surface area (Å²) in [4.78, 5) is 10.8. The van der Waals surface area contributed by atoms with E-state index in [0.29, 0.717) is 11.5 Å². The first kappa shape index (κ1) is 12.1. The monoisotopic (exact) mass is 224 g/mol. The van der Waals surface area contributed by atoms with Crippen molar-refractivity contribution in [2.45, 2.75) is 0 Å². The van der Waals surface area contributed by atoms with E-state index in [4.69, 9.17) is 19.3 Å². The van der Waals surface area contributed by atoms with Crippen LogP contribution in [0.1, 0.15) is 10.4 Å². The van der Waals surface area contributed by atoms with Crippen LogP contribution in [0.3, 0.4) is 0 Å². The van der Waals surface area contributed by atoms with Gasteiger partial charge < -0.3 is 19.3 Å². The zero-order valence-electron chi connectivity index (χ0n) is 8.80. The lowest BCUT2D eigenvalue weighted by Gasteiger charge is -2.08. The normalized spacial score (nSPS) is 9.56. The summed E-state index contributed by atoms with van der Waals surface area (Å²) in [6.45, 7) is 3.43. The van der Waals surface area contributed by atoms with E-state index in [1.807, 2.05) is 0 Å². The number of aromatic carboxylic acids is 1. The Labute approximate surface area is 92.9 Å². The van der Waals surface area contributed by atoms with Gasteiger partial charge in [-0.05, 0) is 12.1 Å². The highest BCUT2D eigenvalue weighted by Gasteiger charge is 2.08. The average molecular weight is 224 g/mol. The minimum Gasteiger partial charge on any atom is -0.478 e. The number of rotatable bonds is 6. The number of hydrogen-bond acceptors (Lipinski definition) is 4. The molecular formula is C11H12O5. The second-order valence-electron chi connectivity index (χ2n) is 2.83. The fourth-order valence-corrected chi connectivity index (χ4v) is 1.07. The zero-order valence-corrected chi connectivity index (χ0v) is 8.80. The summed E-state index contributed by atoms with van der Waals surface area (Å²) in [6.07, 6.45) is 1.21. The van der Waals surface area contributed by atoms with Gasteiger partial charge in [0.05, 0.1) is 11.8 Å². The van der Waals surface area contributed by atoms with Crippen molar-refractivity contribution in [1.29, 1.82) is 0 Å². The van der Waals surface area contributed by atoms with E-state index in [2.05, 4.69) is 6.58 Å². The van der Waals surface area contributed by atoms with Crippen LogP contribution in [0.4, 0.5) is 0 Å². The molecule has 5 nitrogen and oxygen atoms in total. The van der Waals surface area contributed by atoms with Crippen LogP contribution in [0.5, 0.6) is 11.5 Å². The van der Waals surface area contributed by atoms with E-state index in [1.54, 1.807) is 6.07 Å². The van der Waals surface area contributed by atoms with E-state index < -0.39 is 5.97 Å². The Bertz CT molecular complexity index is 386. The predicted octanol–water partition coefficient (Wildman–Crippen LogP) is 1.89. The van der Waals surface area contributed by atoms with Crippen LogP contribution in [-0.4, -0.2) is 25.0 Å². The second kappa shape index (κ2) is 5.77. The minimum absolute atomic E-state index is 0.0383. The van der Waals surface area contributed by atoms with E-state index in [-0.39, 0.29) is 12.4 Å². The van der Waals surface area contributed by atoms with Gasteiger partial charge in [-0.25, -0.2) is 4.79 Å². The van der Waals surface area contributed by atoms with Crippen molar-refractivity contribution in [1.82, 2.24) is 0 Å². The Morgan fingerprint density at radius 2 is 2.12 bits per heavy atom. The molecule has 5 heteroatoms. The number of carbonyl (C=O) groups is 1. The van der Waals surface area contributed by atoms with Crippen molar-refractivity contribution in [3.8, 4) is 11.5 Å². The largest absolute Gasteiger partial charge is 0.478 e. The molecule has 0 saturated carbocycles. The van der Waals surface area contributed by atoms with Crippen LogP contribution in [0.2, 0.25) is 0 Å². The summed E-state index contributed by atoms with van der Waals surface area (Å²) in [5, 5.41) is 8.86. The van der Waals surface area contributed by atoms with Crippen molar-refractivity contribution >= 4 is 5.97 Å². The maximum atomic E-state index is 10.8. The summed E-state index contributed by atoms with van der Waals surface area (Å²) in [7, 11) is 1.47. The molecule has 0 unspecified atom stereocenters. The number of benzene rings is 1. The molecule has 1 aromatic carbocycles. The van der Waals surface area contributed by atoms with E-state index in [0.717, 1.165) is 0 Å². The lowest BCUT2D eigenvalue weighted by Crippen LogP contribution is -2.02. The summed E-state index contributed by atoms with van der Waals surface area (Å²) in [5.74, 6) is -0.351. The summed E-state index contributed by atoms with van der Waals surface area (Å²) in [6, 6.07) is 4.31. The molecule has 0 saturated heterocycles. The zero-order chi connectivity index (χ0) is 12.0. The minimum atomic E-state index is -1.06. The molecule has 0 amide bonds. The highest BCUT2D eigenvalue weighted by Crippen LogP contribution is 2.23. The van der Waals surface area contributed by atoms with Crippen LogP contribution in [-0.2, 0) is 4.74 Å². The molecule has 1 aromatic rings. The molecule has 0 heterocycles. The third-order valence-corrected chi connectivity index (χ3v) is 1.69. The molecule has 0 aliphatic carbocycles. The standard InChI is InChI=1S/C11H12O5/c1-3-15-9-4-8(11(12)13)5-10(6-9)16-7-14-2/h3-6H,1,7H2,2H3,(H,12,13). The Balaban J connectivity index is 2.98. The van der Waals surface area contributed by atoms with Gasteiger partial charge in [-0.1, -0.05) is 6.58 Å². The lowest BCUT2D eigenvalue weighted by molar-refractivity contribution is 0.0506. The summed E-state index contributed by atoms with van der Waals surface area (Å²) < 4.78 is 14.8. The number of methoxy groups -OCH3 is 1. The van der Waals surface area contributed by atoms with E-state index in [1.165, 1.54) is 25.5 Å². The summed E-state index contributed by atoms with van der Waals surface area (Å²) in [5.41, 5.74) is 0.0745. The fourth-order valence-electron chi connectivity index (χ4n) is 1.07. The molecule has 0 aliphatic rings. The summed E-state index contributed by atoms with van der Waals surface area (Å²) >= 11 is 0. The SMILES string of the molecule is C=COc1cc(OCOC)cc(C(=O)O)c1. The number of carboxylic acid groups (broad SMARTS) is 1. The van der Waals surface area contributed by atoms with Crippen molar-refractivity contribution in [3.63, 3.8) is 0 Å². The predicted molar refractivity (Wildman–Crippen MR) is 56.7 cm³/mol. The molecule has 0 radical (unpaired) electrons. The third kappa shape index (κ3) is 3.29. The highest BCUT2D eigenvalue weighted by molar-refractivity contribution is 5.88. The van der Waals surface area contributed by atoms with Crippen molar-refractivity contribution in [3.05, 3.63) is 36.6 Å². The first-order chi connectivity index (χ1) is 7.67. The Morgan fingerprint density at radius 1 is 1.44 bits per heavy atom. The van der Waals surface area contributed by atoms with Crippen molar-refractivity contribution in [2.24, 2.45) is 0 Å². The van der Waals surface area contributed by atoms with Gasteiger partial charge in [-0.15, -0.1) is 0 Å². The van der Waals surface area contributed by atoms with Gasteiger partial charge >= 0.3 is 5.97 Å². The topological polar surface area (TPSA) is 65.0 Å². The maximum Gasteiger partial charge on any atom is 0.335 e. The van der Waals surface area contributed by atoms with Crippen molar-refractivity contribution in [2.75, 3.05) is 13.9 Å². The average Bonchev–Trinajstić information content (AvgIpc) is 2.26. The van der Waals surface area contributed by atoms with Crippen LogP contribution < -0.4 is 9.47 Å². The van der Waals surface area contributed by atoms with Gasteiger partial charge in [0.15, 0.2) is 6.79 Å². The smallest absolute Gasteiger partial charge is 0.335 e. The molecule has 0 atom stereocenters. The van der Waals surface area contributed by atoms with Crippen molar-refractivity contribution < 1.29 is 24.1 Å². The molecule has 86 valence electrons. The molecule has 1 N–H and O–H groups in total. The lowest BCUT2D eigenvalue weighted by atomic mass is 10.2. The van der Waals surface area contributed by atoms with Crippen LogP contribution in [0, 0.1) is 0 Å². The molecular weight excluding hydrogens is 212 g/mol. The molecule has 0 bridgehead atoms. The number of hydrogen-bond donors (Lipinski definition) is 1. The molecule has 0 fully saturated rings. The van der Waals surface area contributed by atoms with Gasteiger partial charge in [-0.3, -0.25) is 0 Å². The highest BCUT2D eigenvalue weighted by atomic mass is 16.7. The van der Waals surface area contributed by atoms with Gasteiger partial charge in [-0.2, -0.15) is 0 Å². The fraction of sp³-hybridized carbons (Fsp3) is 0.182. The molecule has 0 aromatic heterocycles. The molecule has 0 aliphatic heterocycles. The van der Waals surface area contributed by atoms with Gasteiger partial charge in [0.1, 0.15) is 11.5 Å². The van der Waals surface area contributed by atoms with Gasteiger partial charge in [0.25, 0.3) is 0 Å². The van der Waals surface area contributed by atoms with Crippen LogP contribution in [0.25, 0.3) is 0 Å². The number of ether oxygens (including phenoxy) is 3. The van der Waals surface area contributed by atoms with Crippen LogP contribution in [0.15, 0.2) is 31.0 Å². The second-order valence-corrected chi connectivity index (χ2v) is 2.83. The first-order valence-electron chi connectivity index (χ1n) is 4.45. The Hall–Kier alpha value is -2.01. The van der Waals surface area contributed by atoms with E-state index in [9.17, 15) is 4.79 Å². The first-order valence-corrected chi connectivity index (χ1v) is 4.45. The number of carboxylic acids is 1. The third-order valence-electron chi connectivity index (χ3n) is 1.69. The molecule has 0 spiro atoms. The quantitative estimate of drug-likeness (QED) is 0.590. The maximum absolute atomic E-state index is 10.8. The molecule has 16 heavy (non-hydrogen) atoms.